The Labute approximate surface area is 290 Å². The van der Waals surface area contributed by atoms with Gasteiger partial charge in [0.25, 0.3) is 0 Å². The summed E-state index contributed by atoms with van der Waals surface area (Å²) in [6.07, 6.45) is 0. The number of rotatable bonds is 7. The van der Waals surface area contributed by atoms with Crippen molar-refractivity contribution in [2.45, 2.75) is 0 Å². The number of hydrogen-bond acceptors (Lipinski definition) is 6. The second-order valence-electron chi connectivity index (χ2n) is 11.7. The Morgan fingerprint density at radius 3 is 1.12 bits per heavy atom. The zero-order valence-electron chi connectivity index (χ0n) is 26.8. The summed E-state index contributed by atoms with van der Waals surface area (Å²) >= 11 is 0. The molecule has 234 valence electrons. The summed E-state index contributed by atoms with van der Waals surface area (Å²) < 4.78 is 0. The second kappa shape index (κ2) is 13.6. The van der Waals surface area contributed by atoms with Gasteiger partial charge in [0.15, 0.2) is 23.3 Å². The standard InChI is InChI=1S/C44H28N6/c45-29-30-11-10-18-38(27-30)40-28-39(33-12-4-1-5-13-33)46-41(47-40)36-23-19-31(20-24-36)32-21-25-37(26-22-32)44-49-42(34-14-6-2-7-15-34)48-43(50-44)35-16-8-3-9-17-35/h1-28H. The maximum absolute atomic E-state index is 9.48. The molecule has 0 fully saturated rings. The van der Waals surface area contributed by atoms with Gasteiger partial charge in [-0.3, -0.25) is 0 Å². The van der Waals surface area contributed by atoms with Crippen molar-refractivity contribution < 1.29 is 0 Å². The summed E-state index contributed by atoms with van der Waals surface area (Å²) in [5.41, 5.74) is 9.82. The number of benzene rings is 6. The molecular weight excluding hydrogens is 613 g/mol. The predicted octanol–water partition coefficient (Wildman–Crippen LogP) is 10.2. The lowest BCUT2D eigenvalue weighted by Crippen LogP contribution is -2.00. The van der Waals surface area contributed by atoms with Gasteiger partial charge in [0.05, 0.1) is 23.0 Å². The molecule has 0 aliphatic rings. The first-order valence-electron chi connectivity index (χ1n) is 16.2. The molecule has 0 aliphatic heterocycles. The van der Waals surface area contributed by atoms with Gasteiger partial charge < -0.3 is 0 Å². The highest BCUT2D eigenvalue weighted by atomic mass is 15.0. The average molecular weight is 641 g/mol. The van der Waals surface area contributed by atoms with Crippen molar-refractivity contribution >= 4 is 0 Å². The summed E-state index contributed by atoms with van der Waals surface area (Å²) in [5, 5.41) is 9.48. The zero-order chi connectivity index (χ0) is 33.7. The van der Waals surface area contributed by atoms with E-state index in [2.05, 4.69) is 42.5 Å². The highest BCUT2D eigenvalue weighted by Crippen LogP contribution is 2.31. The molecule has 0 saturated carbocycles. The minimum absolute atomic E-state index is 0.586. The Balaban J connectivity index is 1.12. The van der Waals surface area contributed by atoms with Gasteiger partial charge in [-0.05, 0) is 29.3 Å². The molecule has 0 unspecified atom stereocenters. The van der Waals surface area contributed by atoms with Gasteiger partial charge in [-0.1, -0.05) is 152 Å². The smallest absolute Gasteiger partial charge is 0.164 e. The first kappa shape index (κ1) is 30.2. The van der Waals surface area contributed by atoms with Crippen LogP contribution in [-0.4, -0.2) is 24.9 Å². The molecule has 0 atom stereocenters. The van der Waals surface area contributed by atoms with E-state index in [1.807, 2.05) is 127 Å². The van der Waals surface area contributed by atoms with Crippen molar-refractivity contribution in [1.29, 1.82) is 5.26 Å². The van der Waals surface area contributed by atoms with Gasteiger partial charge in [0.2, 0.25) is 0 Å². The molecule has 6 nitrogen and oxygen atoms in total. The molecule has 6 heteroatoms. The minimum Gasteiger partial charge on any atom is -0.228 e. The fraction of sp³-hybridized carbons (Fsp3) is 0. The molecule has 2 heterocycles. The fourth-order valence-electron chi connectivity index (χ4n) is 5.79. The van der Waals surface area contributed by atoms with Gasteiger partial charge >= 0.3 is 0 Å². The number of nitriles is 1. The van der Waals surface area contributed by atoms with Crippen molar-refractivity contribution in [3.05, 3.63) is 175 Å². The van der Waals surface area contributed by atoms with Crippen LogP contribution in [0, 0.1) is 11.3 Å². The van der Waals surface area contributed by atoms with Gasteiger partial charge in [0, 0.05) is 33.4 Å². The van der Waals surface area contributed by atoms with Crippen molar-refractivity contribution in [3.8, 4) is 85.3 Å². The number of nitrogens with zero attached hydrogens (tertiary/aromatic N) is 6. The van der Waals surface area contributed by atoms with E-state index < -0.39 is 0 Å². The molecule has 0 aliphatic carbocycles. The van der Waals surface area contributed by atoms with E-state index in [0.717, 1.165) is 55.9 Å². The Bertz CT molecular complexity index is 2400. The van der Waals surface area contributed by atoms with Crippen LogP contribution in [0.25, 0.3) is 79.2 Å². The molecule has 0 spiro atoms. The first-order chi connectivity index (χ1) is 24.7. The Morgan fingerprint density at radius 1 is 0.300 bits per heavy atom. The van der Waals surface area contributed by atoms with E-state index in [0.29, 0.717) is 28.9 Å². The van der Waals surface area contributed by atoms with E-state index in [-0.39, 0.29) is 0 Å². The van der Waals surface area contributed by atoms with E-state index in [1.165, 1.54) is 0 Å². The van der Waals surface area contributed by atoms with E-state index in [1.54, 1.807) is 6.07 Å². The summed E-state index contributed by atoms with van der Waals surface area (Å²) in [4.78, 5) is 24.4. The molecule has 8 rings (SSSR count). The predicted molar refractivity (Wildman–Crippen MR) is 198 cm³/mol. The summed E-state index contributed by atoms with van der Waals surface area (Å²) in [6, 6.07) is 58.3. The maximum atomic E-state index is 9.48. The van der Waals surface area contributed by atoms with E-state index >= 15 is 0 Å². The summed E-state index contributed by atoms with van der Waals surface area (Å²) in [7, 11) is 0. The lowest BCUT2D eigenvalue weighted by Gasteiger charge is -2.11. The third-order valence-corrected chi connectivity index (χ3v) is 8.40. The SMILES string of the molecule is N#Cc1cccc(-c2cc(-c3ccccc3)nc(-c3ccc(-c4ccc(-c5nc(-c6ccccc6)nc(-c6ccccc6)n5)cc4)cc3)n2)c1. The minimum atomic E-state index is 0.586. The molecule has 0 bridgehead atoms. The van der Waals surface area contributed by atoms with Crippen LogP contribution in [0.15, 0.2) is 170 Å². The van der Waals surface area contributed by atoms with Crippen LogP contribution in [0.3, 0.4) is 0 Å². The molecular formula is C44H28N6. The lowest BCUT2D eigenvalue weighted by atomic mass is 10.0. The lowest BCUT2D eigenvalue weighted by molar-refractivity contribution is 1.07. The summed E-state index contributed by atoms with van der Waals surface area (Å²) in [6.45, 7) is 0. The van der Waals surface area contributed by atoms with Crippen molar-refractivity contribution in [2.75, 3.05) is 0 Å². The van der Waals surface area contributed by atoms with Crippen LogP contribution in [0.5, 0.6) is 0 Å². The largest absolute Gasteiger partial charge is 0.228 e. The molecule has 8 aromatic rings. The van der Waals surface area contributed by atoms with Crippen LogP contribution in [0.2, 0.25) is 0 Å². The third kappa shape index (κ3) is 6.40. The van der Waals surface area contributed by atoms with Gasteiger partial charge in [-0.2, -0.15) is 5.26 Å². The normalized spacial score (nSPS) is 10.8. The average Bonchev–Trinajstić information content (AvgIpc) is 3.21. The van der Waals surface area contributed by atoms with Gasteiger partial charge in [0.1, 0.15) is 0 Å². The van der Waals surface area contributed by atoms with Crippen molar-refractivity contribution in [1.82, 2.24) is 24.9 Å². The quantitative estimate of drug-likeness (QED) is 0.172. The van der Waals surface area contributed by atoms with Crippen molar-refractivity contribution in [2.24, 2.45) is 0 Å². The summed E-state index contributed by atoms with van der Waals surface area (Å²) in [5.74, 6) is 2.50. The van der Waals surface area contributed by atoms with Crippen LogP contribution in [-0.2, 0) is 0 Å². The molecule has 0 N–H and O–H groups in total. The maximum Gasteiger partial charge on any atom is 0.164 e. The van der Waals surface area contributed by atoms with Crippen LogP contribution in [0.1, 0.15) is 5.56 Å². The number of aromatic nitrogens is 5. The van der Waals surface area contributed by atoms with E-state index in [4.69, 9.17) is 24.9 Å². The monoisotopic (exact) mass is 640 g/mol. The molecule has 0 radical (unpaired) electrons. The highest BCUT2D eigenvalue weighted by molar-refractivity contribution is 5.75. The van der Waals surface area contributed by atoms with Gasteiger partial charge in [-0.15, -0.1) is 0 Å². The Morgan fingerprint density at radius 2 is 0.660 bits per heavy atom. The number of hydrogen-bond donors (Lipinski definition) is 0. The molecule has 0 amide bonds. The Hall–Kier alpha value is -7.10. The molecule has 0 saturated heterocycles. The van der Waals surface area contributed by atoms with Crippen LogP contribution in [0.4, 0.5) is 0 Å². The first-order valence-corrected chi connectivity index (χ1v) is 16.2. The van der Waals surface area contributed by atoms with Gasteiger partial charge in [-0.25, -0.2) is 24.9 Å². The van der Waals surface area contributed by atoms with E-state index in [9.17, 15) is 5.26 Å². The highest BCUT2D eigenvalue weighted by Gasteiger charge is 2.14. The van der Waals surface area contributed by atoms with Crippen LogP contribution < -0.4 is 0 Å². The van der Waals surface area contributed by atoms with Crippen LogP contribution >= 0.6 is 0 Å². The topological polar surface area (TPSA) is 88.2 Å². The second-order valence-corrected chi connectivity index (χ2v) is 11.7. The fourth-order valence-corrected chi connectivity index (χ4v) is 5.79. The zero-order valence-corrected chi connectivity index (χ0v) is 26.8. The van der Waals surface area contributed by atoms with Crippen molar-refractivity contribution in [3.63, 3.8) is 0 Å². The Kier molecular flexibility index (Phi) is 8.20. The molecule has 50 heavy (non-hydrogen) atoms. The molecule has 6 aromatic carbocycles. The third-order valence-electron chi connectivity index (χ3n) is 8.40. The molecule has 2 aromatic heterocycles.